The highest BCUT2D eigenvalue weighted by Gasteiger charge is 2.37. The lowest BCUT2D eigenvalue weighted by Crippen LogP contribution is -2.30. The van der Waals surface area contributed by atoms with Gasteiger partial charge >= 0.3 is 0 Å². The first-order valence-corrected chi connectivity index (χ1v) is 6.88. The van der Waals surface area contributed by atoms with Crippen LogP contribution in [0.1, 0.15) is 32.9 Å². The summed E-state index contributed by atoms with van der Waals surface area (Å²) in [5.41, 5.74) is 4.94. The smallest absolute Gasteiger partial charge is 0.298 e. The molecule has 106 valence electrons. The highest BCUT2D eigenvalue weighted by atomic mass is 16.2. The minimum Gasteiger partial charge on any atom is -0.298 e. The van der Waals surface area contributed by atoms with Crippen LogP contribution in [0.5, 0.6) is 0 Å². The standard InChI is InChI=1S/C17H16N2O2/c1-10-7-8-14-15(12(10)3)19(17(21)16(14)20)9-13-6-4-5-11(2)18-13/h4-8H,9H2,1-3H3. The number of carbonyl (C=O) groups is 2. The Bertz CT molecular complexity index is 765. The second kappa shape index (κ2) is 4.81. The van der Waals surface area contributed by atoms with Gasteiger partial charge in [-0.1, -0.05) is 12.1 Å². The molecule has 1 aliphatic rings. The van der Waals surface area contributed by atoms with Gasteiger partial charge in [-0.15, -0.1) is 0 Å². The van der Waals surface area contributed by atoms with Crippen molar-refractivity contribution in [2.24, 2.45) is 0 Å². The lowest BCUT2D eigenvalue weighted by atomic mass is 10.0. The number of benzene rings is 1. The maximum Gasteiger partial charge on any atom is 0.299 e. The van der Waals surface area contributed by atoms with Gasteiger partial charge in [-0.2, -0.15) is 0 Å². The maximum absolute atomic E-state index is 12.3. The molecule has 0 fully saturated rings. The number of anilines is 1. The van der Waals surface area contributed by atoms with Gasteiger partial charge in [0.2, 0.25) is 0 Å². The molecule has 0 unspecified atom stereocenters. The predicted octanol–water partition coefficient (Wildman–Crippen LogP) is 2.74. The lowest BCUT2D eigenvalue weighted by Gasteiger charge is -2.19. The zero-order valence-electron chi connectivity index (χ0n) is 12.3. The lowest BCUT2D eigenvalue weighted by molar-refractivity contribution is -0.114. The monoisotopic (exact) mass is 280 g/mol. The van der Waals surface area contributed by atoms with Crippen molar-refractivity contribution < 1.29 is 9.59 Å². The quantitative estimate of drug-likeness (QED) is 0.795. The summed E-state index contributed by atoms with van der Waals surface area (Å²) in [6.07, 6.45) is 0. The Morgan fingerprint density at radius 3 is 2.52 bits per heavy atom. The zero-order valence-corrected chi connectivity index (χ0v) is 12.3. The van der Waals surface area contributed by atoms with Gasteiger partial charge in [-0.05, 0) is 50.1 Å². The number of carbonyl (C=O) groups excluding carboxylic acids is 2. The Kier molecular flexibility index (Phi) is 3.09. The van der Waals surface area contributed by atoms with Gasteiger partial charge in [0, 0.05) is 5.69 Å². The predicted molar refractivity (Wildman–Crippen MR) is 80.4 cm³/mol. The normalized spacial score (nSPS) is 13.8. The fraction of sp³-hybridized carbons (Fsp3) is 0.235. The molecule has 2 heterocycles. The molecule has 0 N–H and O–H groups in total. The van der Waals surface area contributed by atoms with E-state index < -0.39 is 11.7 Å². The summed E-state index contributed by atoms with van der Waals surface area (Å²) in [6, 6.07) is 9.30. The molecule has 0 aliphatic carbocycles. The van der Waals surface area contributed by atoms with Crippen molar-refractivity contribution >= 4 is 17.4 Å². The van der Waals surface area contributed by atoms with E-state index in [4.69, 9.17) is 0 Å². The molecule has 2 aromatic rings. The first-order valence-electron chi connectivity index (χ1n) is 6.88. The van der Waals surface area contributed by atoms with Gasteiger partial charge in [-0.25, -0.2) is 0 Å². The van der Waals surface area contributed by atoms with Crippen LogP contribution in [0.2, 0.25) is 0 Å². The van der Waals surface area contributed by atoms with E-state index in [0.29, 0.717) is 12.1 Å². The number of fused-ring (bicyclic) bond motifs is 1. The van der Waals surface area contributed by atoms with E-state index in [-0.39, 0.29) is 0 Å². The Balaban J connectivity index is 2.07. The second-order valence-corrected chi connectivity index (χ2v) is 5.39. The zero-order chi connectivity index (χ0) is 15.1. The SMILES string of the molecule is Cc1cccc(CN2C(=O)C(=O)c3ccc(C)c(C)c32)n1. The number of rotatable bonds is 2. The van der Waals surface area contributed by atoms with Gasteiger partial charge in [-0.3, -0.25) is 19.5 Å². The van der Waals surface area contributed by atoms with Gasteiger partial charge in [0.05, 0.1) is 23.5 Å². The summed E-state index contributed by atoms with van der Waals surface area (Å²) in [6.45, 7) is 6.15. The van der Waals surface area contributed by atoms with Gasteiger partial charge in [0.15, 0.2) is 0 Å². The molecule has 1 amide bonds. The molecular weight excluding hydrogens is 264 g/mol. The summed E-state index contributed by atoms with van der Waals surface area (Å²) in [7, 11) is 0. The molecule has 0 spiro atoms. The first kappa shape index (κ1) is 13.5. The molecule has 0 saturated heterocycles. The Hall–Kier alpha value is -2.49. The van der Waals surface area contributed by atoms with Crippen molar-refractivity contribution in [2.75, 3.05) is 4.90 Å². The van der Waals surface area contributed by atoms with Crippen molar-refractivity contribution in [3.63, 3.8) is 0 Å². The highest BCUT2D eigenvalue weighted by molar-refractivity contribution is 6.52. The van der Waals surface area contributed by atoms with Gasteiger partial charge in [0.25, 0.3) is 11.7 Å². The van der Waals surface area contributed by atoms with E-state index >= 15 is 0 Å². The number of Topliss-reactive ketones (excluding diaryl/α,β-unsaturated/α-hetero) is 1. The number of ketones is 1. The molecule has 1 aliphatic heterocycles. The Labute approximate surface area is 123 Å². The number of pyridine rings is 1. The number of nitrogens with zero attached hydrogens (tertiary/aromatic N) is 2. The van der Waals surface area contributed by atoms with E-state index in [1.807, 2.05) is 45.0 Å². The third-order valence-corrected chi connectivity index (χ3v) is 3.92. The van der Waals surface area contributed by atoms with E-state index in [1.165, 1.54) is 0 Å². The largest absolute Gasteiger partial charge is 0.299 e. The molecule has 1 aromatic heterocycles. The van der Waals surface area contributed by atoms with Gasteiger partial charge in [0.1, 0.15) is 0 Å². The molecular formula is C17H16N2O2. The summed E-state index contributed by atoms with van der Waals surface area (Å²) < 4.78 is 0. The van der Waals surface area contributed by atoms with Crippen LogP contribution in [0.25, 0.3) is 0 Å². The van der Waals surface area contributed by atoms with Crippen LogP contribution < -0.4 is 4.90 Å². The number of hydrogen-bond acceptors (Lipinski definition) is 3. The Morgan fingerprint density at radius 1 is 1.05 bits per heavy atom. The molecule has 0 atom stereocenters. The minimum atomic E-state index is -0.470. The van der Waals surface area contributed by atoms with Crippen LogP contribution in [0.3, 0.4) is 0 Å². The van der Waals surface area contributed by atoms with Crippen LogP contribution in [0.4, 0.5) is 5.69 Å². The molecule has 0 radical (unpaired) electrons. The molecule has 4 nitrogen and oxygen atoms in total. The molecule has 0 bridgehead atoms. The maximum atomic E-state index is 12.3. The summed E-state index contributed by atoms with van der Waals surface area (Å²) in [5.74, 6) is -0.900. The van der Waals surface area contributed by atoms with Crippen LogP contribution in [0.15, 0.2) is 30.3 Å². The van der Waals surface area contributed by atoms with E-state index in [0.717, 1.165) is 28.2 Å². The van der Waals surface area contributed by atoms with E-state index in [9.17, 15) is 9.59 Å². The van der Waals surface area contributed by atoms with Crippen LogP contribution in [-0.4, -0.2) is 16.7 Å². The number of aromatic nitrogens is 1. The number of amides is 1. The Morgan fingerprint density at radius 2 is 1.81 bits per heavy atom. The average molecular weight is 280 g/mol. The number of hydrogen-bond donors (Lipinski definition) is 0. The van der Waals surface area contributed by atoms with E-state index in [1.54, 1.807) is 11.0 Å². The fourth-order valence-electron chi connectivity index (χ4n) is 2.67. The van der Waals surface area contributed by atoms with Crippen molar-refractivity contribution in [3.05, 3.63) is 58.4 Å². The average Bonchev–Trinajstić information content (AvgIpc) is 2.69. The summed E-state index contributed by atoms with van der Waals surface area (Å²) in [4.78, 5) is 30.3. The highest BCUT2D eigenvalue weighted by Crippen LogP contribution is 2.34. The summed E-state index contributed by atoms with van der Waals surface area (Å²) >= 11 is 0. The molecule has 4 heteroatoms. The number of aryl methyl sites for hydroxylation is 2. The molecule has 3 rings (SSSR count). The molecule has 21 heavy (non-hydrogen) atoms. The third kappa shape index (κ3) is 2.13. The third-order valence-electron chi connectivity index (χ3n) is 3.92. The van der Waals surface area contributed by atoms with Crippen LogP contribution in [0, 0.1) is 20.8 Å². The van der Waals surface area contributed by atoms with Gasteiger partial charge < -0.3 is 0 Å². The fourth-order valence-corrected chi connectivity index (χ4v) is 2.67. The summed E-state index contributed by atoms with van der Waals surface area (Å²) in [5, 5.41) is 0. The van der Waals surface area contributed by atoms with Crippen LogP contribution >= 0.6 is 0 Å². The van der Waals surface area contributed by atoms with E-state index in [2.05, 4.69) is 4.98 Å². The second-order valence-electron chi connectivity index (χ2n) is 5.39. The minimum absolute atomic E-state index is 0.323. The molecule has 0 saturated carbocycles. The van der Waals surface area contributed by atoms with Crippen LogP contribution in [-0.2, 0) is 11.3 Å². The van der Waals surface area contributed by atoms with Crippen molar-refractivity contribution in [1.82, 2.24) is 4.98 Å². The van der Waals surface area contributed by atoms with Crippen molar-refractivity contribution in [3.8, 4) is 0 Å². The first-order chi connectivity index (χ1) is 9.99. The van der Waals surface area contributed by atoms with Crippen molar-refractivity contribution in [2.45, 2.75) is 27.3 Å². The van der Waals surface area contributed by atoms with Crippen molar-refractivity contribution in [1.29, 1.82) is 0 Å². The molecule has 1 aromatic carbocycles. The topological polar surface area (TPSA) is 50.3 Å².